The first-order valence-corrected chi connectivity index (χ1v) is 11.6. The van der Waals surface area contributed by atoms with Crippen molar-refractivity contribution in [2.24, 2.45) is 0 Å². The Hall–Kier alpha value is -3.61. The predicted octanol–water partition coefficient (Wildman–Crippen LogP) is 6.55. The maximum atomic E-state index is 12.3. The first-order valence-electron chi connectivity index (χ1n) is 10.3. The van der Waals surface area contributed by atoms with Gasteiger partial charge in [0.05, 0.1) is 5.69 Å². The molecule has 164 valence electrons. The van der Waals surface area contributed by atoms with Gasteiger partial charge in [0.15, 0.2) is 11.5 Å². The summed E-state index contributed by atoms with van der Waals surface area (Å²) >= 11 is 7.55. The number of amides is 1. The van der Waals surface area contributed by atoms with E-state index in [1.54, 1.807) is 17.4 Å². The fraction of sp³-hybridized carbons (Fsp3) is 0.0769. The fourth-order valence-corrected chi connectivity index (χ4v) is 4.34. The molecule has 3 aromatic carbocycles. The Morgan fingerprint density at radius 2 is 1.67 bits per heavy atom. The van der Waals surface area contributed by atoms with Crippen molar-refractivity contribution in [2.45, 2.75) is 0 Å². The standard InChI is InChI=1S/C26H19ClN2O3S/c27-20-7-3-19(4-8-20)26-29-22(16-33-26)18-5-9-21(10-6-18)28-25(30)12-2-17-1-11-23-24(15-17)32-14-13-31-23/h1-12,15-16H,13-14H2,(H,28,30)/b12-2-. The highest BCUT2D eigenvalue weighted by Gasteiger charge is 2.11. The molecule has 1 aliphatic rings. The molecular weight excluding hydrogens is 456 g/mol. The molecule has 2 heterocycles. The molecule has 4 aromatic rings. The molecule has 7 heteroatoms. The van der Waals surface area contributed by atoms with Gasteiger partial charge in [-0.25, -0.2) is 4.98 Å². The van der Waals surface area contributed by atoms with Crippen molar-refractivity contribution in [3.63, 3.8) is 0 Å². The number of carbonyl (C=O) groups excluding carboxylic acids is 1. The van der Waals surface area contributed by atoms with Crippen molar-refractivity contribution in [1.82, 2.24) is 4.98 Å². The third kappa shape index (κ3) is 5.08. The van der Waals surface area contributed by atoms with E-state index < -0.39 is 0 Å². The first-order chi connectivity index (χ1) is 16.1. The van der Waals surface area contributed by atoms with Crippen LogP contribution in [-0.4, -0.2) is 24.1 Å². The van der Waals surface area contributed by atoms with Crippen LogP contribution in [0.2, 0.25) is 5.02 Å². The zero-order valence-corrected chi connectivity index (χ0v) is 19.0. The number of rotatable bonds is 5. The summed E-state index contributed by atoms with van der Waals surface area (Å²) in [6.45, 7) is 1.08. The maximum absolute atomic E-state index is 12.3. The molecule has 0 fully saturated rings. The summed E-state index contributed by atoms with van der Waals surface area (Å²) in [7, 11) is 0. The number of nitrogens with one attached hydrogen (secondary N) is 1. The summed E-state index contributed by atoms with van der Waals surface area (Å²) in [4.78, 5) is 17.1. The molecular formula is C26H19ClN2O3S. The molecule has 33 heavy (non-hydrogen) atoms. The molecule has 0 bridgehead atoms. The normalized spacial score (nSPS) is 12.6. The monoisotopic (exact) mass is 474 g/mol. The first kappa shape index (κ1) is 21.2. The zero-order chi connectivity index (χ0) is 22.6. The second-order valence-corrected chi connectivity index (χ2v) is 8.64. The molecule has 0 aliphatic carbocycles. The highest BCUT2D eigenvalue weighted by atomic mass is 35.5. The second-order valence-electron chi connectivity index (χ2n) is 7.35. The van der Waals surface area contributed by atoms with Gasteiger partial charge in [-0.3, -0.25) is 4.79 Å². The highest BCUT2D eigenvalue weighted by Crippen LogP contribution is 2.32. The number of ether oxygens (including phenoxy) is 2. The van der Waals surface area contributed by atoms with E-state index in [0.29, 0.717) is 29.7 Å². The molecule has 0 spiro atoms. The summed E-state index contributed by atoms with van der Waals surface area (Å²) < 4.78 is 11.1. The number of thiazole rings is 1. The summed E-state index contributed by atoms with van der Waals surface area (Å²) in [5.74, 6) is 1.21. The van der Waals surface area contributed by atoms with Crippen molar-refractivity contribution in [2.75, 3.05) is 18.5 Å². The Bertz CT molecular complexity index is 1310. The number of anilines is 1. The van der Waals surface area contributed by atoms with Crippen molar-refractivity contribution in [1.29, 1.82) is 0 Å². The van der Waals surface area contributed by atoms with Crippen LogP contribution in [0.5, 0.6) is 11.5 Å². The molecule has 5 rings (SSSR count). The smallest absolute Gasteiger partial charge is 0.248 e. The lowest BCUT2D eigenvalue weighted by molar-refractivity contribution is -0.111. The number of hydrogen-bond donors (Lipinski definition) is 1. The van der Waals surface area contributed by atoms with E-state index in [2.05, 4.69) is 5.32 Å². The van der Waals surface area contributed by atoms with Gasteiger partial charge in [-0.15, -0.1) is 11.3 Å². The minimum Gasteiger partial charge on any atom is -0.486 e. The Labute approximate surface area is 200 Å². The number of aromatic nitrogens is 1. The minimum atomic E-state index is -0.212. The van der Waals surface area contributed by atoms with E-state index in [-0.39, 0.29) is 5.91 Å². The minimum absolute atomic E-state index is 0.212. The number of carbonyl (C=O) groups is 1. The van der Waals surface area contributed by atoms with Crippen LogP contribution in [-0.2, 0) is 4.79 Å². The Balaban J connectivity index is 1.22. The van der Waals surface area contributed by atoms with Gasteiger partial charge in [0, 0.05) is 33.3 Å². The lowest BCUT2D eigenvalue weighted by atomic mass is 10.1. The Morgan fingerprint density at radius 1 is 0.939 bits per heavy atom. The van der Waals surface area contributed by atoms with E-state index in [0.717, 1.165) is 33.1 Å². The molecule has 0 radical (unpaired) electrons. The van der Waals surface area contributed by atoms with Gasteiger partial charge in [-0.05, 0) is 48.0 Å². The van der Waals surface area contributed by atoms with Gasteiger partial charge in [0.2, 0.25) is 5.91 Å². The van der Waals surface area contributed by atoms with E-state index >= 15 is 0 Å². The van der Waals surface area contributed by atoms with Crippen molar-refractivity contribution in [3.05, 3.63) is 88.8 Å². The quantitative estimate of drug-likeness (QED) is 0.333. The second kappa shape index (κ2) is 9.48. The van der Waals surface area contributed by atoms with Crippen LogP contribution in [0.25, 0.3) is 27.9 Å². The highest BCUT2D eigenvalue weighted by molar-refractivity contribution is 7.13. The number of nitrogens with zero attached hydrogens (tertiary/aromatic N) is 1. The van der Waals surface area contributed by atoms with Gasteiger partial charge >= 0.3 is 0 Å². The van der Waals surface area contributed by atoms with Crippen LogP contribution in [0.15, 0.2) is 78.2 Å². The van der Waals surface area contributed by atoms with E-state index in [9.17, 15) is 4.79 Å². The summed E-state index contributed by atoms with van der Waals surface area (Å²) in [5.41, 5.74) is 4.48. The molecule has 0 saturated carbocycles. The van der Waals surface area contributed by atoms with Crippen LogP contribution in [0, 0.1) is 0 Å². The topological polar surface area (TPSA) is 60.5 Å². The van der Waals surface area contributed by atoms with Gasteiger partial charge in [-0.2, -0.15) is 0 Å². The van der Waals surface area contributed by atoms with Crippen molar-refractivity contribution >= 4 is 40.6 Å². The fourth-order valence-electron chi connectivity index (χ4n) is 3.38. The molecule has 0 unspecified atom stereocenters. The average molecular weight is 475 g/mol. The van der Waals surface area contributed by atoms with Crippen molar-refractivity contribution in [3.8, 4) is 33.3 Å². The van der Waals surface area contributed by atoms with Crippen molar-refractivity contribution < 1.29 is 14.3 Å². The lowest BCUT2D eigenvalue weighted by Crippen LogP contribution is -2.15. The summed E-state index contributed by atoms with van der Waals surface area (Å²) in [5, 5.41) is 6.54. The molecule has 1 amide bonds. The summed E-state index contributed by atoms with van der Waals surface area (Å²) in [6.07, 6.45) is 3.24. The van der Waals surface area contributed by atoms with Gasteiger partial charge in [0.1, 0.15) is 18.2 Å². The maximum Gasteiger partial charge on any atom is 0.248 e. The molecule has 1 aromatic heterocycles. The van der Waals surface area contributed by atoms with Gasteiger partial charge in [-0.1, -0.05) is 41.9 Å². The zero-order valence-electron chi connectivity index (χ0n) is 17.5. The largest absolute Gasteiger partial charge is 0.486 e. The third-order valence-electron chi connectivity index (χ3n) is 5.04. The van der Waals surface area contributed by atoms with Crippen LogP contribution in [0.4, 0.5) is 5.69 Å². The number of benzene rings is 3. The molecule has 5 nitrogen and oxygen atoms in total. The predicted molar refractivity (Wildman–Crippen MR) is 133 cm³/mol. The lowest BCUT2D eigenvalue weighted by Gasteiger charge is -2.18. The van der Waals surface area contributed by atoms with Crippen LogP contribution >= 0.6 is 22.9 Å². The van der Waals surface area contributed by atoms with E-state index in [4.69, 9.17) is 26.1 Å². The number of halogens is 1. The van der Waals surface area contributed by atoms with Crippen LogP contribution < -0.4 is 14.8 Å². The number of hydrogen-bond acceptors (Lipinski definition) is 5. The van der Waals surface area contributed by atoms with Crippen LogP contribution in [0.3, 0.4) is 0 Å². The summed E-state index contributed by atoms with van der Waals surface area (Å²) in [6, 6.07) is 20.9. The van der Waals surface area contributed by atoms with Gasteiger partial charge < -0.3 is 14.8 Å². The average Bonchev–Trinajstić information content (AvgIpc) is 3.34. The SMILES string of the molecule is O=C(/C=C\c1ccc2c(c1)OCCO2)Nc1ccc(-c2csc(-c3ccc(Cl)cc3)n2)cc1. The van der Waals surface area contributed by atoms with E-state index in [1.807, 2.05) is 72.1 Å². The third-order valence-corrected chi connectivity index (χ3v) is 6.18. The Morgan fingerprint density at radius 3 is 2.45 bits per heavy atom. The van der Waals surface area contributed by atoms with E-state index in [1.165, 1.54) is 6.08 Å². The number of fused-ring (bicyclic) bond motifs is 1. The molecule has 0 saturated heterocycles. The van der Waals surface area contributed by atoms with Crippen LogP contribution in [0.1, 0.15) is 5.56 Å². The molecule has 0 atom stereocenters. The van der Waals surface area contributed by atoms with Gasteiger partial charge in [0.25, 0.3) is 0 Å². The molecule has 1 N–H and O–H groups in total. The Kier molecular flexibility index (Phi) is 6.11. The molecule has 1 aliphatic heterocycles.